The Kier molecular flexibility index (Phi) is 4.36. The number of para-hydroxylation sites is 1. The molecule has 0 saturated heterocycles. The van der Waals surface area contributed by atoms with Gasteiger partial charge in [0, 0.05) is 32.6 Å². The van der Waals surface area contributed by atoms with Gasteiger partial charge in [-0.3, -0.25) is 4.79 Å². The zero-order valence-corrected chi connectivity index (χ0v) is 13.4. The van der Waals surface area contributed by atoms with Gasteiger partial charge in [-0.25, -0.2) is 0 Å². The predicted molar refractivity (Wildman–Crippen MR) is 89.7 cm³/mol. The summed E-state index contributed by atoms with van der Waals surface area (Å²) >= 11 is 0. The van der Waals surface area contributed by atoms with Crippen molar-refractivity contribution in [2.75, 3.05) is 26.9 Å². The van der Waals surface area contributed by atoms with E-state index in [1.807, 2.05) is 29.8 Å². The number of aliphatic hydroxyl groups excluding tert-OH is 1. The number of aromatic nitrogens is 2. The van der Waals surface area contributed by atoms with Gasteiger partial charge in [-0.05, 0) is 12.1 Å². The average Bonchev–Trinajstić information content (AvgIpc) is 3.08. The Balaban J connectivity index is 2.20. The van der Waals surface area contributed by atoms with Crippen LogP contribution in [0, 0.1) is 0 Å². The van der Waals surface area contributed by atoms with E-state index in [2.05, 4.69) is 22.0 Å². The fourth-order valence-corrected chi connectivity index (χ4v) is 3.03. The number of carbonyl (C=O) groups is 1. The highest BCUT2D eigenvalue weighted by atomic mass is 16.5. The van der Waals surface area contributed by atoms with Crippen LogP contribution in [0.4, 0.5) is 0 Å². The van der Waals surface area contributed by atoms with Gasteiger partial charge in [0.25, 0.3) is 5.91 Å². The Morgan fingerprint density at radius 2 is 2.09 bits per heavy atom. The second-order valence-corrected chi connectivity index (χ2v) is 5.46. The number of hydrogen-bond acceptors (Lipinski definition) is 3. The first kappa shape index (κ1) is 15.6. The topological polar surface area (TPSA) is 68.4 Å². The second kappa shape index (κ2) is 6.44. The van der Waals surface area contributed by atoms with Gasteiger partial charge < -0.3 is 24.3 Å². The maximum atomic E-state index is 12.4. The van der Waals surface area contributed by atoms with E-state index in [1.54, 1.807) is 7.11 Å². The molecule has 1 aromatic carbocycles. The molecule has 0 spiro atoms. The van der Waals surface area contributed by atoms with E-state index in [-0.39, 0.29) is 19.1 Å². The standard InChI is InChI=1S/C17H21N3O3/c1-19-13-6-4-3-5-12(13)16-14(19)11-15(17(22)18-7-9-21)20(16)8-10-23-2/h3-6,11,21H,7-10H2,1-2H3,(H,18,22). The number of benzene rings is 1. The number of aryl methyl sites for hydroxylation is 1. The third-order valence-electron chi connectivity index (χ3n) is 4.11. The van der Waals surface area contributed by atoms with Crippen LogP contribution in [0.2, 0.25) is 0 Å². The van der Waals surface area contributed by atoms with Crippen molar-refractivity contribution in [3.63, 3.8) is 0 Å². The van der Waals surface area contributed by atoms with Crippen LogP contribution < -0.4 is 5.32 Å². The van der Waals surface area contributed by atoms with E-state index < -0.39 is 0 Å². The van der Waals surface area contributed by atoms with E-state index in [0.29, 0.717) is 18.8 Å². The zero-order valence-electron chi connectivity index (χ0n) is 13.4. The third kappa shape index (κ3) is 2.60. The lowest BCUT2D eigenvalue weighted by molar-refractivity contribution is 0.0933. The molecule has 0 radical (unpaired) electrons. The first-order valence-corrected chi connectivity index (χ1v) is 7.63. The first-order chi connectivity index (χ1) is 11.2. The smallest absolute Gasteiger partial charge is 0.268 e. The monoisotopic (exact) mass is 315 g/mol. The molecule has 23 heavy (non-hydrogen) atoms. The summed E-state index contributed by atoms with van der Waals surface area (Å²) in [4.78, 5) is 12.4. The van der Waals surface area contributed by atoms with Gasteiger partial charge in [0.1, 0.15) is 5.69 Å². The van der Waals surface area contributed by atoms with E-state index in [0.717, 1.165) is 21.9 Å². The first-order valence-electron chi connectivity index (χ1n) is 7.63. The molecule has 2 aromatic heterocycles. The molecule has 6 nitrogen and oxygen atoms in total. The van der Waals surface area contributed by atoms with Crippen molar-refractivity contribution in [3.05, 3.63) is 36.0 Å². The van der Waals surface area contributed by atoms with E-state index >= 15 is 0 Å². The number of methoxy groups -OCH3 is 1. The largest absolute Gasteiger partial charge is 0.395 e. The van der Waals surface area contributed by atoms with Crippen molar-refractivity contribution in [2.24, 2.45) is 7.05 Å². The number of nitrogens with one attached hydrogen (secondary N) is 1. The van der Waals surface area contributed by atoms with Crippen LogP contribution in [0.3, 0.4) is 0 Å². The number of hydrogen-bond donors (Lipinski definition) is 2. The van der Waals surface area contributed by atoms with Crippen LogP contribution in [-0.4, -0.2) is 47.0 Å². The molecule has 3 aromatic rings. The van der Waals surface area contributed by atoms with E-state index in [9.17, 15) is 4.79 Å². The maximum Gasteiger partial charge on any atom is 0.268 e. The molecule has 3 rings (SSSR count). The summed E-state index contributed by atoms with van der Waals surface area (Å²) in [6, 6.07) is 10.0. The Labute approximate surface area is 134 Å². The Morgan fingerprint density at radius 3 is 2.83 bits per heavy atom. The van der Waals surface area contributed by atoms with Crippen molar-refractivity contribution in [1.82, 2.24) is 14.5 Å². The Bertz CT molecular complexity index is 848. The van der Waals surface area contributed by atoms with Gasteiger partial charge in [0.05, 0.1) is 29.8 Å². The molecule has 0 aliphatic heterocycles. The van der Waals surface area contributed by atoms with Crippen LogP contribution in [0.15, 0.2) is 30.3 Å². The number of fused-ring (bicyclic) bond motifs is 3. The van der Waals surface area contributed by atoms with Crippen molar-refractivity contribution in [1.29, 1.82) is 0 Å². The Hall–Kier alpha value is -2.31. The Morgan fingerprint density at radius 1 is 1.30 bits per heavy atom. The minimum atomic E-state index is -0.185. The lowest BCUT2D eigenvalue weighted by Crippen LogP contribution is -2.28. The van der Waals surface area contributed by atoms with E-state index in [1.165, 1.54) is 0 Å². The number of carbonyl (C=O) groups excluding carboxylic acids is 1. The van der Waals surface area contributed by atoms with Gasteiger partial charge in [-0.2, -0.15) is 0 Å². The van der Waals surface area contributed by atoms with Crippen LogP contribution in [-0.2, 0) is 18.3 Å². The predicted octanol–water partition coefficient (Wildman–Crippen LogP) is 1.50. The van der Waals surface area contributed by atoms with Gasteiger partial charge >= 0.3 is 0 Å². The molecule has 1 amide bonds. The second-order valence-electron chi connectivity index (χ2n) is 5.46. The molecule has 0 fully saturated rings. The lowest BCUT2D eigenvalue weighted by atomic mass is 10.2. The maximum absolute atomic E-state index is 12.4. The fourth-order valence-electron chi connectivity index (χ4n) is 3.03. The zero-order chi connectivity index (χ0) is 16.4. The van der Waals surface area contributed by atoms with Crippen LogP contribution in [0.25, 0.3) is 21.9 Å². The minimum Gasteiger partial charge on any atom is -0.395 e. The fraction of sp³-hybridized carbons (Fsp3) is 0.353. The van der Waals surface area contributed by atoms with Crippen LogP contribution in [0.5, 0.6) is 0 Å². The molecule has 0 atom stereocenters. The summed E-state index contributed by atoms with van der Waals surface area (Å²) in [7, 11) is 3.65. The minimum absolute atomic E-state index is 0.0764. The number of rotatable bonds is 6. The highest BCUT2D eigenvalue weighted by Crippen LogP contribution is 2.30. The van der Waals surface area contributed by atoms with Gasteiger partial charge in [0.15, 0.2) is 0 Å². The molecule has 0 unspecified atom stereocenters. The number of ether oxygens (including phenoxy) is 1. The van der Waals surface area contributed by atoms with Gasteiger partial charge in [-0.1, -0.05) is 18.2 Å². The molecule has 2 N–H and O–H groups in total. The summed E-state index contributed by atoms with van der Waals surface area (Å²) in [5.41, 5.74) is 3.76. The van der Waals surface area contributed by atoms with Crippen LogP contribution in [0.1, 0.15) is 10.5 Å². The van der Waals surface area contributed by atoms with Crippen molar-refractivity contribution in [2.45, 2.75) is 6.54 Å². The molecule has 6 heteroatoms. The quantitative estimate of drug-likeness (QED) is 0.724. The normalized spacial score (nSPS) is 11.4. The molecule has 0 aliphatic rings. The SMILES string of the molecule is COCCn1c(C(=O)NCCO)cc2c1c1ccccc1n2C. The molecule has 0 saturated carbocycles. The molecule has 122 valence electrons. The molecule has 0 aliphatic carbocycles. The molecular weight excluding hydrogens is 294 g/mol. The third-order valence-corrected chi connectivity index (χ3v) is 4.11. The van der Waals surface area contributed by atoms with Crippen molar-refractivity contribution in [3.8, 4) is 0 Å². The summed E-state index contributed by atoms with van der Waals surface area (Å²) in [6.45, 7) is 1.28. The van der Waals surface area contributed by atoms with E-state index in [4.69, 9.17) is 9.84 Å². The summed E-state index contributed by atoms with van der Waals surface area (Å²) < 4.78 is 9.29. The summed E-state index contributed by atoms with van der Waals surface area (Å²) in [5.74, 6) is -0.185. The van der Waals surface area contributed by atoms with Crippen molar-refractivity contribution >= 4 is 27.8 Å². The summed E-state index contributed by atoms with van der Waals surface area (Å²) in [6.07, 6.45) is 0. The van der Waals surface area contributed by atoms with Gasteiger partial charge in [-0.15, -0.1) is 0 Å². The highest BCUT2D eigenvalue weighted by molar-refractivity contribution is 6.10. The van der Waals surface area contributed by atoms with Crippen molar-refractivity contribution < 1.29 is 14.6 Å². The van der Waals surface area contributed by atoms with Gasteiger partial charge in [0.2, 0.25) is 0 Å². The molecule has 2 heterocycles. The number of amides is 1. The molecule has 0 bridgehead atoms. The lowest BCUT2D eigenvalue weighted by Gasteiger charge is -2.10. The highest BCUT2D eigenvalue weighted by Gasteiger charge is 2.20. The summed E-state index contributed by atoms with van der Waals surface area (Å²) in [5, 5.41) is 12.7. The molecular formula is C17H21N3O3. The van der Waals surface area contributed by atoms with Crippen LogP contribution >= 0.6 is 0 Å². The average molecular weight is 315 g/mol. The number of aliphatic hydroxyl groups is 1. The number of nitrogens with zero attached hydrogens (tertiary/aromatic N) is 2.